The molecule has 226 valence electrons. The van der Waals surface area contributed by atoms with E-state index in [1.165, 1.54) is 82.2 Å². The van der Waals surface area contributed by atoms with E-state index in [2.05, 4.69) is 152 Å². The second-order valence-corrected chi connectivity index (χ2v) is 16.9. The summed E-state index contributed by atoms with van der Waals surface area (Å²) in [5, 5.41) is 7.99. The second-order valence-electron chi connectivity index (χ2n) is 16.9. The molecule has 0 spiro atoms. The minimum atomic E-state index is -0.136. The van der Waals surface area contributed by atoms with Gasteiger partial charge in [-0.3, -0.25) is 4.57 Å². The van der Waals surface area contributed by atoms with Gasteiger partial charge in [-0.1, -0.05) is 141 Å². The van der Waals surface area contributed by atoms with Gasteiger partial charge in [-0.25, -0.2) is 4.98 Å². The summed E-state index contributed by atoms with van der Waals surface area (Å²) in [4.78, 5) is 5.48. The third kappa shape index (κ3) is 3.58. The first-order chi connectivity index (χ1) is 21.7. The van der Waals surface area contributed by atoms with E-state index >= 15 is 0 Å². The van der Waals surface area contributed by atoms with Gasteiger partial charge in [0.2, 0.25) is 6.71 Å². The molecule has 3 heterocycles. The maximum Gasteiger partial charge on any atom is 0.248 e. The molecule has 0 N–H and O–H groups in total. The van der Waals surface area contributed by atoms with Crippen molar-refractivity contribution >= 4 is 66.5 Å². The van der Waals surface area contributed by atoms with Crippen LogP contribution in [-0.2, 0) is 16.2 Å². The number of rotatable bonds is 0. The summed E-state index contributed by atoms with van der Waals surface area (Å²) in [6.07, 6.45) is 0. The van der Waals surface area contributed by atoms with Gasteiger partial charge in [-0.15, -0.1) is 0 Å². The highest BCUT2D eigenvalue weighted by atomic mass is 15.1. The van der Waals surface area contributed by atoms with Crippen molar-refractivity contribution in [1.29, 1.82) is 0 Å². The van der Waals surface area contributed by atoms with E-state index in [4.69, 9.17) is 4.98 Å². The van der Waals surface area contributed by atoms with Crippen LogP contribution in [0.2, 0.25) is 0 Å². The van der Waals surface area contributed by atoms with Crippen molar-refractivity contribution in [3.8, 4) is 16.8 Å². The first-order valence-electron chi connectivity index (χ1n) is 16.9. The maximum atomic E-state index is 5.48. The number of hydrogen-bond acceptors (Lipinski definition) is 1. The molecule has 9 rings (SSSR count). The summed E-state index contributed by atoms with van der Waals surface area (Å²) in [6, 6.07) is 32.8. The average molecular weight is 597 g/mol. The molecule has 2 aliphatic rings. The van der Waals surface area contributed by atoms with Crippen molar-refractivity contribution < 1.29 is 0 Å². The maximum absolute atomic E-state index is 5.48. The van der Waals surface area contributed by atoms with Crippen LogP contribution in [0.3, 0.4) is 0 Å². The smallest absolute Gasteiger partial charge is 0.248 e. The zero-order chi connectivity index (χ0) is 32.1. The summed E-state index contributed by atoms with van der Waals surface area (Å²) < 4.78 is 2.55. The van der Waals surface area contributed by atoms with Crippen molar-refractivity contribution in [2.45, 2.75) is 78.6 Å². The monoisotopic (exact) mass is 596 g/mol. The first kappa shape index (κ1) is 27.9. The van der Waals surface area contributed by atoms with E-state index in [0.29, 0.717) is 0 Å². The van der Waals surface area contributed by atoms with E-state index in [1.807, 2.05) is 0 Å². The minimum Gasteiger partial charge on any atom is -0.297 e. The molecule has 0 fully saturated rings. The zero-order valence-corrected chi connectivity index (χ0v) is 28.6. The topological polar surface area (TPSA) is 17.8 Å². The standard InChI is InChI=1S/C43H41BN2/c1-41(2,3)24-18-19-30-32(20-24)44-33-21-25(42(4,5)6)22-34-39(33)46(40(45-34)43(7,8)9)35-23-31-28-16-11-10-14-26(28)27-15-12-13-17-29(27)36(31)37(30)38(35)44/h10-23H,1-9H3. The van der Waals surface area contributed by atoms with Gasteiger partial charge in [0, 0.05) is 11.1 Å². The Labute approximate surface area is 272 Å². The molecule has 0 aliphatic carbocycles. The van der Waals surface area contributed by atoms with Gasteiger partial charge in [0.15, 0.2) is 0 Å². The van der Waals surface area contributed by atoms with Crippen molar-refractivity contribution in [3.05, 3.63) is 102 Å². The van der Waals surface area contributed by atoms with Gasteiger partial charge in [-0.2, -0.15) is 0 Å². The quantitative estimate of drug-likeness (QED) is 0.126. The lowest BCUT2D eigenvalue weighted by molar-refractivity contribution is 0.539. The Hall–Kier alpha value is -4.37. The van der Waals surface area contributed by atoms with Crippen LogP contribution in [-0.4, -0.2) is 16.3 Å². The molecule has 0 saturated carbocycles. The normalized spacial score (nSPS) is 14.2. The lowest BCUT2D eigenvalue weighted by Gasteiger charge is -2.30. The van der Waals surface area contributed by atoms with Crippen molar-refractivity contribution in [1.82, 2.24) is 9.55 Å². The summed E-state index contributed by atoms with van der Waals surface area (Å²) in [5.41, 5.74) is 13.4. The van der Waals surface area contributed by atoms with Crippen molar-refractivity contribution in [3.63, 3.8) is 0 Å². The zero-order valence-electron chi connectivity index (χ0n) is 28.6. The summed E-state index contributed by atoms with van der Waals surface area (Å²) in [5.74, 6) is 1.13. The molecule has 0 unspecified atom stereocenters. The van der Waals surface area contributed by atoms with Gasteiger partial charge in [0.1, 0.15) is 5.82 Å². The largest absolute Gasteiger partial charge is 0.297 e. The molecule has 2 nitrogen and oxygen atoms in total. The van der Waals surface area contributed by atoms with Crippen LogP contribution in [0, 0.1) is 0 Å². The highest BCUT2D eigenvalue weighted by Gasteiger charge is 2.44. The van der Waals surface area contributed by atoms with Crippen LogP contribution in [0.15, 0.2) is 84.9 Å². The first-order valence-corrected chi connectivity index (χ1v) is 16.9. The molecule has 0 saturated heterocycles. The summed E-state index contributed by atoms with van der Waals surface area (Å²) >= 11 is 0. The predicted octanol–water partition coefficient (Wildman–Crippen LogP) is 9.19. The SMILES string of the molecule is CC(C)(C)c1ccc2c(c1)B1c3c(cc4c5ccccc5c5ccccc5c4c3-2)-n2c(C(C)(C)C)nc3cc(C(C)(C)C)cc1c32. The van der Waals surface area contributed by atoms with Crippen LogP contribution in [0.1, 0.15) is 79.3 Å². The van der Waals surface area contributed by atoms with Gasteiger partial charge >= 0.3 is 0 Å². The lowest BCUT2D eigenvalue weighted by Crippen LogP contribution is -2.54. The molecule has 6 aromatic carbocycles. The van der Waals surface area contributed by atoms with Gasteiger partial charge in [0.05, 0.1) is 11.0 Å². The summed E-state index contributed by atoms with van der Waals surface area (Å²) in [6.45, 7) is 21.1. The lowest BCUT2D eigenvalue weighted by atomic mass is 9.37. The molecular formula is C43H41BN2. The van der Waals surface area contributed by atoms with Crippen LogP contribution in [0.25, 0.3) is 60.2 Å². The van der Waals surface area contributed by atoms with Crippen molar-refractivity contribution in [2.24, 2.45) is 0 Å². The van der Waals surface area contributed by atoms with Gasteiger partial charge < -0.3 is 0 Å². The average Bonchev–Trinajstić information content (AvgIpc) is 3.56. The Morgan fingerprint density at radius 3 is 1.78 bits per heavy atom. The molecule has 46 heavy (non-hydrogen) atoms. The molecule has 7 aromatic rings. The van der Waals surface area contributed by atoms with Gasteiger partial charge in [-0.05, 0) is 88.5 Å². The van der Waals surface area contributed by atoms with Gasteiger partial charge in [0.25, 0.3) is 0 Å². The van der Waals surface area contributed by atoms with Crippen LogP contribution < -0.4 is 16.4 Å². The van der Waals surface area contributed by atoms with Crippen LogP contribution in [0.5, 0.6) is 0 Å². The number of aromatic nitrogens is 2. The van der Waals surface area contributed by atoms with E-state index in [1.54, 1.807) is 0 Å². The van der Waals surface area contributed by atoms with E-state index in [0.717, 1.165) is 11.3 Å². The molecule has 0 radical (unpaired) electrons. The fourth-order valence-electron chi connectivity index (χ4n) is 8.43. The number of fused-ring (bicyclic) bond motifs is 12. The minimum absolute atomic E-state index is 0.00661. The Kier molecular flexibility index (Phi) is 5.28. The van der Waals surface area contributed by atoms with Crippen LogP contribution in [0.4, 0.5) is 0 Å². The molecule has 1 aromatic heterocycles. The molecule has 2 aliphatic heterocycles. The van der Waals surface area contributed by atoms with Crippen molar-refractivity contribution in [2.75, 3.05) is 0 Å². The fraction of sp³-hybridized carbons (Fsp3) is 0.279. The van der Waals surface area contributed by atoms with E-state index in [-0.39, 0.29) is 23.0 Å². The number of nitrogens with zero attached hydrogens (tertiary/aromatic N) is 2. The molecule has 3 heteroatoms. The molecule has 0 amide bonds. The molecule has 0 atom stereocenters. The third-order valence-corrected chi connectivity index (χ3v) is 10.7. The number of hydrogen-bond donors (Lipinski definition) is 0. The fourth-order valence-corrected chi connectivity index (χ4v) is 8.43. The number of benzene rings is 6. The Balaban J connectivity index is 1.57. The Morgan fingerprint density at radius 1 is 0.565 bits per heavy atom. The molecular weight excluding hydrogens is 555 g/mol. The van der Waals surface area contributed by atoms with E-state index in [9.17, 15) is 0 Å². The van der Waals surface area contributed by atoms with E-state index < -0.39 is 0 Å². The number of imidazole rings is 1. The Morgan fingerprint density at radius 2 is 1.15 bits per heavy atom. The second kappa shape index (κ2) is 8.70. The highest BCUT2D eigenvalue weighted by molar-refractivity contribution is 7.01. The predicted molar refractivity (Wildman–Crippen MR) is 200 cm³/mol. The summed E-state index contributed by atoms with van der Waals surface area (Å²) in [7, 11) is 0. The Bertz CT molecular complexity index is 2470. The molecule has 0 bridgehead atoms. The van der Waals surface area contributed by atoms with Crippen LogP contribution >= 0.6 is 0 Å². The third-order valence-electron chi connectivity index (χ3n) is 10.7. The highest BCUT2D eigenvalue weighted by Crippen LogP contribution is 2.45.